The van der Waals surface area contributed by atoms with E-state index in [9.17, 15) is 4.79 Å². The standard InChI is InChI=1S/C13H17N3OS/c1-8-6-13(7-8,11(14)18)12(17)16-10-4-3-5-15-9(10)2/h3-5,8H,6-7H2,1-2H3,(H2,14,18)(H,16,17). The van der Waals surface area contributed by atoms with Gasteiger partial charge >= 0.3 is 0 Å². The molecule has 1 saturated carbocycles. The van der Waals surface area contributed by atoms with Crippen LogP contribution in [0.1, 0.15) is 25.5 Å². The number of anilines is 1. The van der Waals surface area contributed by atoms with E-state index in [1.165, 1.54) is 0 Å². The zero-order chi connectivity index (χ0) is 13.3. The molecule has 0 aromatic carbocycles. The van der Waals surface area contributed by atoms with Gasteiger partial charge in [-0.1, -0.05) is 19.1 Å². The SMILES string of the molecule is Cc1ncccc1NC(=O)C1(C(N)=S)CC(C)C1. The summed E-state index contributed by atoms with van der Waals surface area (Å²) in [6, 6.07) is 3.62. The lowest BCUT2D eigenvalue weighted by Gasteiger charge is -2.44. The zero-order valence-corrected chi connectivity index (χ0v) is 11.4. The molecule has 1 aromatic rings. The van der Waals surface area contributed by atoms with Crippen molar-refractivity contribution in [2.45, 2.75) is 26.7 Å². The molecule has 0 unspecified atom stereocenters. The van der Waals surface area contributed by atoms with E-state index < -0.39 is 5.41 Å². The van der Waals surface area contributed by atoms with Gasteiger partial charge in [0.05, 0.1) is 21.8 Å². The Balaban J connectivity index is 2.17. The summed E-state index contributed by atoms with van der Waals surface area (Å²) in [6.07, 6.45) is 3.15. The summed E-state index contributed by atoms with van der Waals surface area (Å²) in [5.41, 5.74) is 6.58. The second-order valence-electron chi connectivity index (χ2n) is 5.05. The number of nitrogens with one attached hydrogen (secondary N) is 1. The van der Waals surface area contributed by atoms with Crippen LogP contribution in [-0.2, 0) is 4.79 Å². The number of aryl methyl sites for hydroxylation is 1. The van der Waals surface area contributed by atoms with Gasteiger partial charge in [0.2, 0.25) is 5.91 Å². The van der Waals surface area contributed by atoms with E-state index in [4.69, 9.17) is 18.0 Å². The molecule has 4 nitrogen and oxygen atoms in total. The molecule has 1 amide bonds. The Hall–Kier alpha value is -1.49. The number of rotatable bonds is 3. The van der Waals surface area contributed by atoms with E-state index in [1.54, 1.807) is 12.3 Å². The number of thiocarbonyl (C=S) groups is 1. The van der Waals surface area contributed by atoms with Gasteiger partial charge in [0.15, 0.2) is 0 Å². The Labute approximate surface area is 112 Å². The van der Waals surface area contributed by atoms with Crippen molar-refractivity contribution in [3.8, 4) is 0 Å². The van der Waals surface area contributed by atoms with Crippen LogP contribution in [0.2, 0.25) is 0 Å². The summed E-state index contributed by atoms with van der Waals surface area (Å²) in [4.78, 5) is 16.8. The first-order valence-electron chi connectivity index (χ1n) is 5.99. The van der Waals surface area contributed by atoms with Gasteiger partial charge in [-0.25, -0.2) is 0 Å². The van der Waals surface area contributed by atoms with Crippen LogP contribution in [0.15, 0.2) is 18.3 Å². The molecule has 0 bridgehead atoms. The summed E-state index contributed by atoms with van der Waals surface area (Å²) in [5, 5.41) is 2.89. The predicted octanol–water partition coefficient (Wildman–Crippen LogP) is 2.03. The van der Waals surface area contributed by atoms with Gasteiger partial charge in [-0.2, -0.15) is 0 Å². The molecule has 0 spiro atoms. The van der Waals surface area contributed by atoms with Crippen LogP contribution < -0.4 is 11.1 Å². The molecule has 0 atom stereocenters. The molecule has 96 valence electrons. The molecule has 1 heterocycles. The van der Waals surface area contributed by atoms with Crippen LogP contribution in [0.3, 0.4) is 0 Å². The lowest BCUT2D eigenvalue weighted by molar-refractivity contribution is -0.127. The van der Waals surface area contributed by atoms with Crippen molar-refractivity contribution in [1.29, 1.82) is 0 Å². The quantitative estimate of drug-likeness (QED) is 0.819. The molecule has 18 heavy (non-hydrogen) atoms. The van der Waals surface area contributed by atoms with Gasteiger partial charge in [-0.3, -0.25) is 9.78 Å². The topological polar surface area (TPSA) is 68.0 Å². The fourth-order valence-corrected chi connectivity index (χ4v) is 2.75. The fourth-order valence-electron chi connectivity index (χ4n) is 2.49. The Morgan fingerprint density at radius 1 is 1.61 bits per heavy atom. The number of amides is 1. The van der Waals surface area contributed by atoms with Crippen molar-refractivity contribution in [3.05, 3.63) is 24.0 Å². The van der Waals surface area contributed by atoms with Crippen molar-refractivity contribution in [1.82, 2.24) is 4.98 Å². The second-order valence-corrected chi connectivity index (χ2v) is 5.49. The molecule has 1 aliphatic rings. The first-order chi connectivity index (χ1) is 8.45. The van der Waals surface area contributed by atoms with E-state index in [0.29, 0.717) is 10.9 Å². The number of carbonyl (C=O) groups is 1. The number of hydrogen-bond acceptors (Lipinski definition) is 3. The van der Waals surface area contributed by atoms with E-state index in [-0.39, 0.29) is 5.91 Å². The summed E-state index contributed by atoms with van der Waals surface area (Å²) in [6.45, 7) is 3.95. The van der Waals surface area contributed by atoms with Crippen molar-refractivity contribution >= 4 is 28.8 Å². The van der Waals surface area contributed by atoms with E-state index >= 15 is 0 Å². The molecular formula is C13H17N3OS. The summed E-state index contributed by atoms with van der Waals surface area (Å²) in [7, 11) is 0. The lowest BCUT2D eigenvalue weighted by Crippen LogP contribution is -2.53. The van der Waals surface area contributed by atoms with Gasteiger partial charge in [-0.15, -0.1) is 0 Å². The Kier molecular flexibility index (Phi) is 3.34. The number of pyridine rings is 1. The molecule has 0 radical (unpaired) electrons. The normalized spacial score (nSPS) is 26.2. The summed E-state index contributed by atoms with van der Waals surface area (Å²) in [5.74, 6) is 0.386. The number of nitrogens with two attached hydrogens (primary N) is 1. The van der Waals surface area contributed by atoms with Crippen LogP contribution >= 0.6 is 12.2 Å². The Morgan fingerprint density at radius 3 is 2.78 bits per heavy atom. The second kappa shape index (κ2) is 4.65. The molecule has 1 aliphatic carbocycles. The highest BCUT2D eigenvalue weighted by molar-refractivity contribution is 7.80. The molecule has 1 aromatic heterocycles. The van der Waals surface area contributed by atoms with Crippen LogP contribution in [0, 0.1) is 18.3 Å². The van der Waals surface area contributed by atoms with Crippen molar-refractivity contribution in [2.75, 3.05) is 5.32 Å². The first kappa shape index (κ1) is 13.0. The molecular weight excluding hydrogens is 246 g/mol. The molecule has 1 fully saturated rings. The number of nitrogens with zero attached hydrogens (tertiary/aromatic N) is 1. The molecule has 5 heteroatoms. The molecule has 2 rings (SSSR count). The van der Waals surface area contributed by atoms with Crippen LogP contribution in [-0.4, -0.2) is 15.9 Å². The lowest BCUT2D eigenvalue weighted by atomic mass is 9.62. The third kappa shape index (κ3) is 2.10. The first-order valence-corrected chi connectivity index (χ1v) is 6.39. The van der Waals surface area contributed by atoms with Crippen molar-refractivity contribution in [3.63, 3.8) is 0 Å². The minimum Gasteiger partial charge on any atom is -0.392 e. The van der Waals surface area contributed by atoms with Gasteiger partial charge in [-0.05, 0) is 37.8 Å². The average molecular weight is 263 g/mol. The van der Waals surface area contributed by atoms with Gasteiger partial charge in [0, 0.05) is 6.20 Å². The monoisotopic (exact) mass is 263 g/mol. The maximum absolute atomic E-state index is 12.3. The predicted molar refractivity (Wildman–Crippen MR) is 75.2 cm³/mol. The Morgan fingerprint density at radius 2 is 2.28 bits per heavy atom. The van der Waals surface area contributed by atoms with Crippen LogP contribution in [0.25, 0.3) is 0 Å². The van der Waals surface area contributed by atoms with Crippen molar-refractivity contribution in [2.24, 2.45) is 17.1 Å². The van der Waals surface area contributed by atoms with Crippen molar-refractivity contribution < 1.29 is 4.79 Å². The van der Waals surface area contributed by atoms with Gasteiger partial charge in [0.1, 0.15) is 0 Å². The van der Waals surface area contributed by atoms with E-state index in [2.05, 4.69) is 17.2 Å². The molecule has 0 saturated heterocycles. The van der Waals surface area contributed by atoms with E-state index in [1.807, 2.05) is 13.0 Å². The fraction of sp³-hybridized carbons (Fsp3) is 0.462. The van der Waals surface area contributed by atoms with Gasteiger partial charge < -0.3 is 11.1 Å². The number of carbonyl (C=O) groups excluding carboxylic acids is 1. The minimum atomic E-state index is -0.670. The third-order valence-corrected chi connectivity index (χ3v) is 3.95. The highest BCUT2D eigenvalue weighted by Crippen LogP contribution is 2.46. The largest absolute Gasteiger partial charge is 0.392 e. The smallest absolute Gasteiger partial charge is 0.237 e. The summed E-state index contributed by atoms with van der Waals surface area (Å²) < 4.78 is 0. The highest BCUT2D eigenvalue weighted by Gasteiger charge is 2.50. The maximum Gasteiger partial charge on any atom is 0.237 e. The number of hydrogen-bond donors (Lipinski definition) is 2. The maximum atomic E-state index is 12.3. The van der Waals surface area contributed by atoms with Gasteiger partial charge in [0.25, 0.3) is 0 Å². The molecule has 3 N–H and O–H groups in total. The minimum absolute atomic E-state index is 0.107. The third-order valence-electron chi connectivity index (χ3n) is 3.56. The average Bonchev–Trinajstić information content (AvgIpc) is 2.27. The van der Waals surface area contributed by atoms with Crippen LogP contribution in [0.4, 0.5) is 5.69 Å². The Bertz CT molecular complexity index is 495. The summed E-state index contributed by atoms with van der Waals surface area (Å²) >= 11 is 5.06. The number of aromatic nitrogens is 1. The molecule has 0 aliphatic heterocycles. The van der Waals surface area contributed by atoms with Crippen LogP contribution in [0.5, 0.6) is 0 Å². The highest BCUT2D eigenvalue weighted by atomic mass is 32.1. The van der Waals surface area contributed by atoms with E-state index in [0.717, 1.165) is 24.2 Å². The zero-order valence-electron chi connectivity index (χ0n) is 10.6.